The first-order valence-corrected chi connectivity index (χ1v) is 4.13. The molecule has 1 heterocycles. The van der Waals surface area contributed by atoms with E-state index in [9.17, 15) is 0 Å². The van der Waals surface area contributed by atoms with Gasteiger partial charge < -0.3 is 0 Å². The minimum atomic E-state index is -1.55. The normalized spacial score (nSPS) is 12.0. The van der Waals surface area contributed by atoms with Crippen LogP contribution in [0, 0.1) is 0 Å². The summed E-state index contributed by atoms with van der Waals surface area (Å²) in [6, 6.07) is 0. The van der Waals surface area contributed by atoms with E-state index in [-0.39, 0.29) is 5.82 Å². The number of nitrogens with zero attached hydrogens (tertiary/aromatic N) is 4. The minimum Gasteiger partial charge on any atom is -0.164 e. The van der Waals surface area contributed by atoms with Gasteiger partial charge in [-0.15, -0.1) is 5.10 Å². The standard InChI is InChI=1S/C2Cl3IN4/c3-2(4,5)1-7-8-9-10(1)6. The molecule has 10 heavy (non-hydrogen) atoms. The van der Waals surface area contributed by atoms with Crippen molar-refractivity contribution < 1.29 is 0 Å². The highest BCUT2D eigenvalue weighted by molar-refractivity contribution is 14.1. The maximum Gasteiger partial charge on any atom is 0.252 e. The van der Waals surface area contributed by atoms with E-state index < -0.39 is 3.79 Å². The molecule has 0 unspecified atom stereocenters. The van der Waals surface area contributed by atoms with Crippen LogP contribution in [0.5, 0.6) is 0 Å². The Bertz CT molecular complexity index is 229. The summed E-state index contributed by atoms with van der Waals surface area (Å²) in [5.74, 6) is 0.193. The average Bonchev–Trinajstić information content (AvgIpc) is 2.11. The Morgan fingerprint density at radius 3 is 2.20 bits per heavy atom. The van der Waals surface area contributed by atoms with Crippen molar-refractivity contribution in [1.29, 1.82) is 0 Å². The van der Waals surface area contributed by atoms with Crippen LogP contribution in [0.3, 0.4) is 0 Å². The van der Waals surface area contributed by atoms with Crippen LogP contribution in [-0.2, 0) is 3.79 Å². The first kappa shape index (κ1) is 8.76. The summed E-state index contributed by atoms with van der Waals surface area (Å²) in [6.07, 6.45) is 0. The molecule has 0 spiro atoms. The number of aromatic nitrogens is 4. The lowest BCUT2D eigenvalue weighted by molar-refractivity contribution is 0.869. The maximum atomic E-state index is 5.47. The molecular formula is C2Cl3IN4. The van der Waals surface area contributed by atoms with E-state index in [1.54, 1.807) is 0 Å². The van der Waals surface area contributed by atoms with Crippen LogP contribution >= 0.6 is 57.7 Å². The molecule has 56 valence electrons. The van der Waals surface area contributed by atoms with E-state index in [1.807, 2.05) is 22.9 Å². The summed E-state index contributed by atoms with van der Waals surface area (Å²) < 4.78 is -0.282. The number of hydrogen-bond acceptors (Lipinski definition) is 3. The van der Waals surface area contributed by atoms with Gasteiger partial charge in [-0.05, 0) is 10.4 Å². The molecule has 1 aromatic heterocycles. The van der Waals surface area contributed by atoms with Crippen molar-refractivity contribution >= 4 is 57.7 Å². The smallest absolute Gasteiger partial charge is 0.164 e. The SMILES string of the molecule is ClC(Cl)(Cl)c1nnnn1I. The number of alkyl halides is 3. The van der Waals surface area contributed by atoms with Crippen LogP contribution in [-0.4, -0.2) is 18.4 Å². The highest BCUT2D eigenvalue weighted by Crippen LogP contribution is 2.36. The summed E-state index contributed by atoms with van der Waals surface area (Å²) in [5.41, 5.74) is 0. The zero-order valence-corrected chi connectivity index (χ0v) is 8.73. The van der Waals surface area contributed by atoms with Gasteiger partial charge in [0.25, 0.3) is 3.79 Å². The van der Waals surface area contributed by atoms with Crippen LogP contribution < -0.4 is 0 Å². The Morgan fingerprint density at radius 2 is 2.00 bits per heavy atom. The van der Waals surface area contributed by atoms with Gasteiger partial charge in [0.15, 0.2) is 0 Å². The Kier molecular flexibility index (Phi) is 2.59. The van der Waals surface area contributed by atoms with Gasteiger partial charge >= 0.3 is 0 Å². The van der Waals surface area contributed by atoms with Crippen molar-refractivity contribution in [3.8, 4) is 0 Å². The fraction of sp³-hybridized carbons (Fsp3) is 0.500. The summed E-state index contributed by atoms with van der Waals surface area (Å²) in [4.78, 5) is 0. The molecule has 0 bridgehead atoms. The first-order chi connectivity index (χ1) is 4.52. The van der Waals surface area contributed by atoms with Gasteiger partial charge in [-0.2, -0.15) is 2.90 Å². The van der Waals surface area contributed by atoms with E-state index in [1.165, 1.54) is 2.90 Å². The van der Waals surface area contributed by atoms with Crippen molar-refractivity contribution in [3.05, 3.63) is 5.82 Å². The van der Waals surface area contributed by atoms with Crippen LogP contribution in [0.4, 0.5) is 0 Å². The molecule has 4 nitrogen and oxygen atoms in total. The van der Waals surface area contributed by atoms with Crippen molar-refractivity contribution in [1.82, 2.24) is 18.4 Å². The molecule has 0 fully saturated rings. The van der Waals surface area contributed by atoms with Crippen molar-refractivity contribution in [2.75, 3.05) is 0 Å². The van der Waals surface area contributed by atoms with Gasteiger partial charge in [0.1, 0.15) is 0 Å². The monoisotopic (exact) mass is 312 g/mol. The van der Waals surface area contributed by atoms with E-state index >= 15 is 0 Å². The Hall–Kier alpha value is 0.670. The summed E-state index contributed by atoms with van der Waals surface area (Å²) in [7, 11) is 0. The van der Waals surface area contributed by atoms with Gasteiger partial charge in [0.2, 0.25) is 5.82 Å². The van der Waals surface area contributed by atoms with Gasteiger partial charge in [-0.25, -0.2) is 0 Å². The van der Waals surface area contributed by atoms with E-state index in [4.69, 9.17) is 34.8 Å². The summed E-state index contributed by atoms with van der Waals surface area (Å²) in [5, 5.41) is 10.2. The molecule has 1 rings (SSSR count). The van der Waals surface area contributed by atoms with E-state index in [0.29, 0.717) is 0 Å². The molecule has 0 N–H and O–H groups in total. The third-order valence-electron chi connectivity index (χ3n) is 0.686. The van der Waals surface area contributed by atoms with Crippen LogP contribution in [0.15, 0.2) is 0 Å². The second-order valence-corrected chi connectivity index (χ2v) is 4.56. The van der Waals surface area contributed by atoms with Gasteiger partial charge in [0, 0.05) is 0 Å². The largest absolute Gasteiger partial charge is 0.252 e. The zero-order valence-electron chi connectivity index (χ0n) is 4.30. The zero-order chi connectivity index (χ0) is 7.78. The fourth-order valence-corrected chi connectivity index (χ4v) is 1.66. The summed E-state index contributed by atoms with van der Waals surface area (Å²) in [6.45, 7) is 0. The van der Waals surface area contributed by atoms with Gasteiger partial charge in [-0.3, -0.25) is 0 Å². The minimum absolute atomic E-state index is 0.193. The topological polar surface area (TPSA) is 43.6 Å². The van der Waals surface area contributed by atoms with Crippen LogP contribution in [0.1, 0.15) is 5.82 Å². The molecular weight excluding hydrogens is 313 g/mol. The highest BCUT2D eigenvalue weighted by atomic mass is 127. The molecule has 0 saturated heterocycles. The quantitative estimate of drug-likeness (QED) is 0.541. The lowest BCUT2D eigenvalue weighted by Crippen LogP contribution is -2.06. The van der Waals surface area contributed by atoms with Crippen LogP contribution in [0.25, 0.3) is 0 Å². The molecule has 0 aliphatic heterocycles. The molecule has 0 amide bonds. The molecule has 0 aliphatic rings. The summed E-state index contributed by atoms with van der Waals surface area (Å²) >= 11 is 18.2. The molecule has 0 atom stereocenters. The van der Waals surface area contributed by atoms with Crippen molar-refractivity contribution in [3.63, 3.8) is 0 Å². The molecule has 0 saturated carbocycles. The molecule has 0 aromatic carbocycles. The second-order valence-electron chi connectivity index (χ2n) is 1.36. The third-order valence-corrected chi connectivity index (χ3v) is 1.84. The number of halogens is 4. The Labute approximate surface area is 85.3 Å². The molecule has 8 heteroatoms. The fourth-order valence-electron chi connectivity index (χ4n) is 0.338. The maximum absolute atomic E-state index is 5.47. The molecule has 0 aliphatic carbocycles. The van der Waals surface area contributed by atoms with Gasteiger partial charge in [0.05, 0.1) is 22.9 Å². The first-order valence-electron chi connectivity index (χ1n) is 2.03. The Morgan fingerprint density at radius 1 is 1.40 bits per heavy atom. The highest BCUT2D eigenvalue weighted by Gasteiger charge is 2.29. The van der Waals surface area contributed by atoms with Crippen molar-refractivity contribution in [2.45, 2.75) is 3.79 Å². The number of tetrazole rings is 1. The predicted octanol–water partition coefficient (Wildman–Crippen LogP) is 1.70. The Balaban J connectivity index is 3.05. The van der Waals surface area contributed by atoms with Gasteiger partial charge in [-0.1, -0.05) is 34.8 Å². The second kappa shape index (κ2) is 2.96. The number of rotatable bonds is 0. The lowest BCUT2D eigenvalue weighted by atomic mass is 10.7. The van der Waals surface area contributed by atoms with E-state index in [0.717, 1.165) is 0 Å². The molecule has 0 radical (unpaired) electrons. The van der Waals surface area contributed by atoms with E-state index in [2.05, 4.69) is 15.5 Å². The molecule has 1 aromatic rings. The van der Waals surface area contributed by atoms with Crippen molar-refractivity contribution in [2.24, 2.45) is 0 Å². The average molecular weight is 313 g/mol. The predicted molar refractivity (Wildman–Crippen MR) is 46.5 cm³/mol. The van der Waals surface area contributed by atoms with Crippen LogP contribution in [0.2, 0.25) is 0 Å². The third kappa shape index (κ3) is 1.84. The number of hydrogen-bond donors (Lipinski definition) is 0. The lowest BCUT2D eigenvalue weighted by Gasteiger charge is -2.04.